The molecule has 3 heteroatoms. The van der Waals surface area contributed by atoms with Crippen LogP contribution in [0.1, 0.15) is 5.56 Å². The molecule has 1 aromatic carbocycles. The van der Waals surface area contributed by atoms with Crippen molar-refractivity contribution in [3.8, 4) is 11.1 Å². The van der Waals surface area contributed by atoms with E-state index in [0.29, 0.717) is 0 Å². The van der Waals surface area contributed by atoms with Crippen LogP contribution in [0.2, 0.25) is 0 Å². The zero-order chi connectivity index (χ0) is 13.9. The summed E-state index contributed by atoms with van der Waals surface area (Å²) in [5.41, 5.74) is 4.95. The summed E-state index contributed by atoms with van der Waals surface area (Å²) in [5.74, 6) is 0. The van der Waals surface area contributed by atoms with Crippen molar-refractivity contribution in [1.29, 1.82) is 0 Å². The van der Waals surface area contributed by atoms with Crippen LogP contribution in [0, 0.1) is 6.92 Å². The first-order chi connectivity index (χ1) is 9.72. The highest BCUT2D eigenvalue weighted by Crippen LogP contribution is 2.23. The molecule has 0 saturated carbocycles. The third-order valence-corrected chi connectivity index (χ3v) is 3.94. The predicted molar refractivity (Wildman–Crippen MR) is 84.1 cm³/mol. The summed E-state index contributed by atoms with van der Waals surface area (Å²) in [5, 5.41) is 0. The van der Waals surface area contributed by atoms with E-state index in [4.69, 9.17) is 0 Å². The monoisotopic (exact) mass is 267 g/mol. The highest BCUT2D eigenvalue weighted by molar-refractivity contribution is 5.66. The maximum absolute atomic E-state index is 4.27. The fraction of sp³-hybridized carbons (Fsp3) is 0.353. The van der Waals surface area contributed by atoms with Crippen LogP contribution in [0.25, 0.3) is 11.1 Å². The molecule has 1 aliphatic heterocycles. The molecule has 2 aromatic rings. The van der Waals surface area contributed by atoms with Gasteiger partial charge in [0.2, 0.25) is 0 Å². The first kappa shape index (κ1) is 13.1. The molecule has 0 unspecified atom stereocenters. The van der Waals surface area contributed by atoms with E-state index in [0.717, 1.165) is 26.2 Å². The summed E-state index contributed by atoms with van der Waals surface area (Å²) in [6, 6.07) is 11.0. The zero-order valence-electron chi connectivity index (χ0n) is 12.2. The normalized spacial score (nSPS) is 16.4. The van der Waals surface area contributed by atoms with Gasteiger partial charge in [0.1, 0.15) is 0 Å². The average Bonchev–Trinajstić information content (AvgIpc) is 2.48. The van der Waals surface area contributed by atoms with Gasteiger partial charge in [-0.3, -0.25) is 4.98 Å². The van der Waals surface area contributed by atoms with Gasteiger partial charge in [-0.05, 0) is 43.3 Å². The number of anilines is 1. The Balaban J connectivity index is 1.78. The second-order valence-corrected chi connectivity index (χ2v) is 5.59. The van der Waals surface area contributed by atoms with E-state index in [-0.39, 0.29) is 0 Å². The molecule has 0 spiro atoms. The van der Waals surface area contributed by atoms with Gasteiger partial charge < -0.3 is 9.80 Å². The minimum absolute atomic E-state index is 1.11. The molecule has 0 amide bonds. The Kier molecular flexibility index (Phi) is 3.70. The van der Waals surface area contributed by atoms with Gasteiger partial charge >= 0.3 is 0 Å². The van der Waals surface area contributed by atoms with E-state index in [1.165, 1.54) is 22.4 Å². The first-order valence-corrected chi connectivity index (χ1v) is 7.18. The van der Waals surface area contributed by atoms with Crippen molar-refractivity contribution in [1.82, 2.24) is 9.88 Å². The zero-order valence-corrected chi connectivity index (χ0v) is 12.2. The number of hydrogen-bond donors (Lipinski definition) is 0. The van der Waals surface area contributed by atoms with Crippen molar-refractivity contribution < 1.29 is 0 Å². The Morgan fingerprint density at radius 1 is 0.900 bits per heavy atom. The van der Waals surface area contributed by atoms with Gasteiger partial charge in [-0.15, -0.1) is 0 Å². The lowest BCUT2D eigenvalue weighted by molar-refractivity contribution is 0.313. The quantitative estimate of drug-likeness (QED) is 0.834. The number of hydrogen-bond acceptors (Lipinski definition) is 3. The van der Waals surface area contributed by atoms with E-state index >= 15 is 0 Å². The Labute approximate surface area is 120 Å². The van der Waals surface area contributed by atoms with Crippen molar-refractivity contribution in [3.63, 3.8) is 0 Å². The van der Waals surface area contributed by atoms with Gasteiger partial charge in [0.15, 0.2) is 0 Å². The Morgan fingerprint density at radius 2 is 1.60 bits per heavy atom. The number of benzene rings is 1. The predicted octanol–water partition coefficient (Wildman–Crippen LogP) is 2.81. The molecule has 3 rings (SSSR count). The van der Waals surface area contributed by atoms with Crippen LogP contribution >= 0.6 is 0 Å². The number of aryl methyl sites for hydroxylation is 1. The summed E-state index contributed by atoms with van der Waals surface area (Å²) in [6.45, 7) is 6.59. The third-order valence-electron chi connectivity index (χ3n) is 3.94. The van der Waals surface area contributed by atoms with Crippen LogP contribution in [0.15, 0.2) is 42.7 Å². The van der Waals surface area contributed by atoms with Gasteiger partial charge in [-0.2, -0.15) is 0 Å². The maximum atomic E-state index is 4.27. The van der Waals surface area contributed by atoms with Gasteiger partial charge in [0, 0.05) is 49.8 Å². The fourth-order valence-corrected chi connectivity index (χ4v) is 2.64. The van der Waals surface area contributed by atoms with Crippen LogP contribution in [0.5, 0.6) is 0 Å². The molecule has 1 aliphatic rings. The van der Waals surface area contributed by atoms with Crippen molar-refractivity contribution >= 4 is 5.69 Å². The molecule has 1 saturated heterocycles. The van der Waals surface area contributed by atoms with Gasteiger partial charge in [0.05, 0.1) is 0 Å². The number of nitrogens with zero attached hydrogens (tertiary/aromatic N) is 3. The summed E-state index contributed by atoms with van der Waals surface area (Å²) in [6.07, 6.45) is 3.82. The van der Waals surface area contributed by atoms with Crippen molar-refractivity contribution in [3.05, 3.63) is 48.3 Å². The number of pyridine rings is 1. The smallest absolute Gasteiger partial charge is 0.0367 e. The van der Waals surface area contributed by atoms with Crippen LogP contribution in [-0.2, 0) is 0 Å². The second-order valence-electron chi connectivity index (χ2n) is 5.59. The molecular weight excluding hydrogens is 246 g/mol. The maximum Gasteiger partial charge on any atom is 0.0367 e. The number of rotatable bonds is 2. The molecule has 3 nitrogen and oxygen atoms in total. The second kappa shape index (κ2) is 5.63. The SMILES string of the molecule is Cc1cncc(-c2ccc(N3CCN(C)CC3)cc2)c1. The van der Waals surface area contributed by atoms with Crippen molar-refractivity contribution in [2.45, 2.75) is 6.92 Å². The van der Waals surface area contributed by atoms with E-state index in [9.17, 15) is 0 Å². The van der Waals surface area contributed by atoms with Gasteiger partial charge in [-0.25, -0.2) is 0 Å². The number of likely N-dealkylation sites (N-methyl/N-ethyl adjacent to an activating group) is 1. The van der Waals surface area contributed by atoms with E-state index in [1.807, 2.05) is 12.4 Å². The molecule has 20 heavy (non-hydrogen) atoms. The average molecular weight is 267 g/mol. The Morgan fingerprint density at radius 3 is 2.25 bits per heavy atom. The fourth-order valence-electron chi connectivity index (χ4n) is 2.64. The van der Waals surface area contributed by atoms with Crippen molar-refractivity contribution in [2.24, 2.45) is 0 Å². The van der Waals surface area contributed by atoms with Crippen LogP contribution in [0.4, 0.5) is 5.69 Å². The molecule has 0 N–H and O–H groups in total. The summed E-state index contributed by atoms with van der Waals surface area (Å²) >= 11 is 0. The molecule has 1 fully saturated rings. The summed E-state index contributed by atoms with van der Waals surface area (Å²) < 4.78 is 0. The largest absolute Gasteiger partial charge is 0.369 e. The third kappa shape index (κ3) is 2.83. The number of piperazine rings is 1. The van der Waals surface area contributed by atoms with E-state index in [2.05, 4.69) is 59.1 Å². The minimum atomic E-state index is 1.11. The Bertz CT molecular complexity index is 569. The molecule has 0 bridgehead atoms. The standard InChI is InChI=1S/C17H21N3/c1-14-11-16(13-18-12-14)15-3-5-17(6-4-15)20-9-7-19(2)8-10-20/h3-6,11-13H,7-10H2,1-2H3. The van der Waals surface area contributed by atoms with Gasteiger partial charge in [0.25, 0.3) is 0 Å². The van der Waals surface area contributed by atoms with Crippen LogP contribution in [-0.4, -0.2) is 43.1 Å². The number of aromatic nitrogens is 1. The lowest BCUT2D eigenvalue weighted by atomic mass is 10.1. The molecule has 1 aromatic heterocycles. The van der Waals surface area contributed by atoms with E-state index < -0.39 is 0 Å². The molecule has 0 atom stereocenters. The summed E-state index contributed by atoms with van der Waals surface area (Å²) in [7, 11) is 2.19. The molecule has 104 valence electrons. The first-order valence-electron chi connectivity index (χ1n) is 7.18. The van der Waals surface area contributed by atoms with E-state index in [1.54, 1.807) is 0 Å². The molecule has 0 radical (unpaired) electrons. The molecule has 2 heterocycles. The lowest BCUT2D eigenvalue weighted by Crippen LogP contribution is -2.44. The highest BCUT2D eigenvalue weighted by Gasteiger charge is 2.13. The molecular formula is C17H21N3. The lowest BCUT2D eigenvalue weighted by Gasteiger charge is -2.34. The Hall–Kier alpha value is -1.87. The highest BCUT2D eigenvalue weighted by atomic mass is 15.2. The van der Waals surface area contributed by atoms with Crippen LogP contribution in [0.3, 0.4) is 0 Å². The summed E-state index contributed by atoms with van der Waals surface area (Å²) in [4.78, 5) is 9.10. The minimum Gasteiger partial charge on any atom is -0.369 e. The topological polar surface area (TPSA) is 19.4 Å². The van der Waals surface area contributed by atoms with Crippen molar-refractivity contribution in [2.75, 3.05) is 38.1 Å². The van der Waals surface area contributed by atoms with Gasteiger partial charge in [-0.1, -0.05) is 12.1 Å². The molecule has 0 aliphatic carbocycles. The van der Waals surface area contributed by atoms with Crippen LogP contribution < -0.4 is 4.90 Å².